The zero-order chi connectivity index (χ0) is 28.3. The maximum Gasteiger partial charge on any atom is 1.00 e. The average Bonchev–Trinajstić information content (AvgIpc) is 2.76. The normalized spacial score (nSPS) is 12.0. The number of azo groups is 1. The van der Waals surface area contributed by atoms with E-state index in [1.807, 2.05) is 0 Å². The molecule has 1 heterocycles. The van der Waals surface area contributed by atoms with Crippen LogP contribution in [0.25, 0.3) is 0 Å². The van der Waals surface area contributed by atoms with Gasteiger partial charge in [-0.1, -0.05) is 0 Å². The summed E-state index contributed by atoms with van der Waals surface area (Å²) in [6.07, 6.45) is 0. The van der Waals surface area contributed by atoms with Gasteiger partial charge in [-0.3, -0.25) is 4.18 Å². The first-order valence-corrected chi connectivity index (χ1v) is 14.8. The van der Waals surface area contributed by atoms with Crippen molar-refractivity contribution in [1.29, 1.82) is 0 Å². The largest absolute Gasteiger partial charge is 1.00 e. The van der Waals surface area contributed by atoms with Crippen LogP contribution in [0.5, 0.6) is 0 Å². The van der Waals surface area contributed by atoms with Gasteiger partial charge in [-0.15, -0.1) is 5.11 Å². The number of anilines is 3. The molecule has 0 atom stereocenters. The minimum absolute atomic E-state index is 0. The summed E-state index contributed by atoms with van der Waals surface area (Å²) in [7, 11) is -14.1. The molecule has 0 spiro atoms. The van der Waals surface area contributed by atoms with E-state index in [0.717, 1.165) is 24.3 Å². The molecule has 3 N–H and O–H groups in total. The maximum atomic E-state index is 12.3. The first kappa shape index (κ1) is 37.0. The van der Waals surface area contributed by atoms with E-state index in [-0.39, 0.29) is 97.6 Å². The fourth-order valence-electron chi connectivity index (χ4n) is 2.68. The number of sulfone groups is 1. The van der Waals surface area contributed by atoms with Crippen molar-refractivity contribution in [3.63, 3.8) is 0 Å². The predicted octanol–water partition coefficient (Wildman–Crippen LogP) is -3.92. The monoisotopic (exact) mass is 671 g/mol. The standard InChI is InChI=1S/C17H15Cl2N7O9S3.2Na/c18-15-22-16(19)24-17(23-15)21-12-7-11(20)14(37(29,30)31)8-13(12)26-25-9-1-3-10(4-2-9)36(27,28)6-5-35-38(32,33)34;;/h1-4,7-8H,5-6,20H2,(H,29,30,31)(H,32,33,34)(H,21,22,23,24);;/q;2*+1/p-2. The molecule has 40 heavy (non-hydrogen) atoms. The van der Waals surface area contributed by atoms with Crippen LogP contribution in [0.15, 0.2) is 56.4 Å². The first-order valence-electron chi connectivity index (χ1n) is 9.62. The van der Waals surface area contributed by atoms with Crippen LogP contribution >= 0.6 is 23.2 Å². The zero-order valence-electron chi connectivity index (χ0n) is 20.3. The Balaban J connectivity index is 0.00000400. The van der Waals surface area contributed by atoms with Gasteiger partial charge in [0.15, 0.2) is 9.84 Å². The minimum Gasteiger partial charge on any atom is -0.744 e. The summed E-state index contributed by atoms with van der Waals surface area (Å²) in [5.74, 6) is -0.959. The molecule has 23 heteroatoms. The molecule has 3 aromatic rings. The van der Waals surface area contributed by atoms with Crippen LogP contribution in [-0.4, -0.2) is 61.7 Å². The van der Waals surface area contributed by atoms with Crippen molar-refractivity contribution in [2.45, 2.75) is 9.79 Å². The molecule has 0 radical (unpaired) electrons. The first-order chi connectivity index (χ1) is 17.5. The van der Waals surface area contributed by atoms with Crippen molar-refractivity contribution in [1.82, 2.24) is 15.0 Å². The third-order valence-corrected chi connectivity index (χ3v) is 7.65. The second-order valence-electron chi connectivity index (χ2n) is 6.93. The maximum absolute atomic E-state index is 12.3. The van der Waals surface area contributed by atoms with E-state index in [0.29, 0.717) is 0 Å². The van der Waals surface area contributed by atoms with E-state index in [9.17, 15) is 34.4 Å². The van der Waals surface area contributed by atoms with Crippen LogP contribution in [-0.2, 0) is 34.5 Å². The molecule has 0 bridgehead atoms. The van der Waals surface area contributed by atoms with Crippen molar-refractivity contribution < 1.29 is 97.7 Å². The molecule has 0 amide bonds. The Hall–Kier alpha value is -1.04. The van der Waals surface area contributed by atoms with Crippen molar-refractivity contribution in [3.8, 4) is 0 Å². The summed E-state index contributed by atoms with van der Waals surface area (Å²) in [5, 5.41) is 9.90. The molecule has 0 aliphatic heterocycles. The van der Waals surface area contributed by atoms with Gasteiger partial charge in [-0.2, -0.15) is 20.1 Å². The Labute approximate surface area is 282 Å². The van der Waals surface area contributed by atoms with Gasteiger partial charge < -0.3 is 20.2 Å². The molecule has 0 saturated heterocycles. The van der Waals surface area contributed by atoms with Gasteiger partial charge in [-0.05, 0) is 59.6 Å². The molecule has 3 rings (SSSR count). The molecule has 0 aliphatic carbocycles. The number of nitrogens with two attached hydrogens (primary N) is 1. The molecule has 0 unspecified atom stereocenters. The third kappa shape index (κ3) is 11.0. The van der Waals surface area contributed by atoms with E-state index in [1.165, 1.54) is 12.1 Å². The number of nitrogens with one attached hydrogen (secondary N) is 1. The summed E-state index contributed by atoms with van der Waals surface area (Å²) in [4.78, 5) is 10.2. The number of halogens is 2. The SMILES string of the molecule is Nc1cc(Nc2nc(Cl)nc(Cl)n2)c(N=Nc2ccc(S(=O)(=O)CCOS(=O)(=O)[O-])cc2)cc1S(=O)(=O)[O-].[Na+].[Na+]. The van der Waals surface area contributed by atoms with E-state index >= 15 is 0 Å². The number of rotatable bonds is 10. The summed E-state index contributed by atoms with van der Waals surface area (Å²) in [5.41, 5.74) is 5.14. The van der Waals surface area contributed by atoms with Gasteiger partial charge in [0, 0.05) is 0 Å². The van der Waals surface area contributed by atoms with Crippen LogP contribution in [0.1, 0.15) is 0 Å². The number of nitrogen functional groups attached to an aromatic ring is 1. The minimum atomic E-state index is -5.05. The smallest absolute Gasteiger partial charge is 0.744 e. The van der Waals surface area contributed by atoms with Crippen LogP contribution in [0.3, 0.4) is 0 Å². The van der Waals surface area contributed by atoms with Gasteiger partial charge >= 0.3 is 59.1 Å². The van der Waals surface area contributed by atoms with Crippen LogP contribution in [0.2, 0.25) is 10.6 Å². The van der Waals surface area contributed by atoms with Crippen molar-refractivity contribution in [3.05, 3.63) is 47.0 Å². The van der Waals surface area contributed by atoms with Gasteiger partial charge in [0.2, 0.25) is 26.9 Å². The van der Waals surface area contributed by atoms with E-state index in [2.05, 4.69) is 34.7 Å². The van der Waals surface area contributed by atoms with Crippen LogP contribution < -0.4 is 70.2 Å². The van der Waals surface area contributed by atoms with E-state index < -0.39 is 53.3 Å². The molecular formula is C17H13Cl2N7Na2O9S3. The second-order valence-corrected chi connectivity index (χ2v) is 12.1. The van der Waals surface area contributed by atoms with Crippen LogP contribution in [0, 0.1) is 0 Å². The van der Waals surface area contributed by atoms with Gasteiger partial charge in [-0.25, -0.2) is 25.3 Å². The Morgan fingerprint density at radius 2 is 1.48 bits per heavy atom. The summed E-state index contributed by atoms with van der Waals surface area (Å²) in [6.45, 7) is -0.870. The molecule has 16 nitrogen and oxygen atoms in total. The number of aromatic nitrogens is 3. The number of nitrogens with zero attached hydrogens (tertiary/aromatic N) is 5. The van der Waals surface area contributed by atoms with Crippen LogP contribution in [0.4, 0.5) is 28.7 Å². The summed E-state index contributed by atoms with van der Waals surface area (Å²) < 4.78 is 94.6. The third-order valence-electron chi connectivity index (χ3n) is 4.27. The number of benzene rings is 2. The molecule has 0 fully saturated rings. The predicted molar refractivity (Wildman–Crippen MR) is 130 cm³/mol. The van der Waals surface area contributed by atoms with Crippen molar-refractivity contribution in [2.24, 2.45) is 10.2 Å². The van der Waals surface area contributed by atoms with Crippen molar-refractivity contribution in [2.75, 3.05) is 23.4 Å². The molecule has 2 aromatic carbocycles. The molecule has 204 valence electrons. The molecule has 1 aromatic heterocycles. The quantitative estimate of drug-likeness (QED) is 0.0686. The van der Waals surface area contributed by atoms with Crippen molar-refractivity contribution >= 4 is 82.3 Å². The number of hydrogen-bond acceptors (Lipinski definition) is 16. The second kappa shape index (κ2) is 14.9. The Morgan fingerprint density at radius 3 is 2.00 bits per heavy atom. The van der Waals surface area contributed by atoms with Gasteiger partial charge in [0.1, 0.15) is 15.8 Å². The molecule has 0 saturated carbocycles. The Bertz CT molecular complexity index is 1710. The van der Waals surface area contributed by atoms with Gasteiger partial charge in [0.25, 0.3) is 0 Å². The molecular weight excluding hydrogens is 659 g/mol. The topological polar surface area (TPSA) is 259 Å². The van der Waals surface area contributed by atoms with E-state index in [1.54, 1.807) is 0 Å². The summed E-state index contributed by atoms with van der Waals surface area (Å²) >= 11 is 11.5. The molecule has 0 aliphatic rings. The Morgan fingerprint density at radius 1 is 0.900 bits per heavy atom. The fraction of sp³-hybridized carbons (Fsp3) is 0.118. The number of hydrogen-bond donors (Lipinski definition) is 2. The Kier molecular flexibility index (Phi) is 13.8. The average molecular weight is 672 g/mol. The van der Waals surface area contributed by atoms with Gasteiger partial charge in [0.05, 0.1) is 39.2 Å². The fourth-order valence-corrected chi connectivity index (χ4v) is 5.13. The summed E-state index contributed by atoms with van der Waals surface area (Å²) in [6, 6.07) is 6.60. The zero-order valence-corrected chi connectivity index (χ0v) is 28.3. The van der Waals surface area contributed by atoms with E-state index in [4.69, 9.17) is 28.9 Å².